The molecule has 1 aliphatic heterocycles. The van der Waals surface area contributed by atoms with Crippen molar-refractivity contribution in [1.82, 2.24) is 0 Å². The first-order valence-corrected chi connectivity index (χ1v) is 3.14. The summed E-state index contributed by atoms with van der Waals surface area (Å²) in [4.78, 5) is 0. The Morgan fingerprint density at radius 3 is 2.00 bits per heavy atom. The van der Waals surface area contributed by atoms with E-state index in [-0.39, 0.29) is 24.2 Å². The highest BCUT2D eigenvalue weighted by atomic mass is 16.6. The van der Waals surface area contributed by atoms with Gasteiger partial charge >= 0.3 is 0 Å². The SMILES string of the molecule is OCC1(CO)CC12CO2. The van der Waals surface area contributed by atoms with Crippen molar-refractivity contribution in [2.45, 2.75) is 12.0 Å². The molecule has 1 spiro atoms. The van der Waals surface area contributed by atoms with Crippen LogP contribution >= 0.6 is 0 Å². The number of rotatable bonds is 2. The maximum absolute atomic E-state index is 8.79. The van der Waals surface area contributed by atoms with Crippen LogP contribution in [0.5, 0.6) is 0 Å². The number of hydrogen-bond acceptors (Lipinski definition) is 3. The van der Waals surface area contributed by atoms with E-state index < -0.39 is 0 Å². The molecule has 3 nitrogen and oxygen atoms in total. The molecule has 1 saturated heterocycles. The molecule has 2 rings (SSSR count). The topological polar surface area (TPSA) is 53.0 Å². The summed E-state index contributed by atoms with van der Waals surface area (Å²) in [5.41, 5.74) is -0.358. The molecule has 0 amide bonds. The molecule has 1 atom stereocenters. The van der Waals surface area contributed by atoms with Gasteiger partial charge in [0.15, 0.2) is 0 Å². The molecule has 0 radical (unpaired) electrons. The first kappa shape index (κ1) is 5.65. The quantitative estimate of drug-likeness (QED) is 0.478. The number of aliphatic hydroxyl groups excluding tert-OH is 2. The maximum atomic E-state index is 8.79. The molecular formula is C6H10O3. The zero-order valence-electron chi connectivity index (χ0n) is 5.13. The van der Waals surface area contributed by atoms with E-state index in [1.165, 1.54) is 0 Å². The Bertz CT molecular complexity index is 135. The van der Waals surface area contributed by atoms with Crippen molar-refractivity contribution in [2.75, 3.05) is 19.8 Å². The van der Waals surface area contributed by atoms with Crippen LogP contribution in [0.25, 0.3) is 0 Å². The summed E-state index contributed by atoms with van der Waals surface area (Å²) < 4.78 is 5.08. The molecule has 1 unspecified atom stereocenters. The van der Waals surface area contributed by atoms with Crippen LogP contribution in [0.3, 0.4) is 0 Å². The first-order chi connectivity index (χ1) is 4.29. The average molecular weight is 130 g/mol. The van der Waals surface area contributed by atoms with E-state index in [1.807, 2.05) is 0 Å². The van der Waals surface area contributed by atoms with Crippen molar-refractivity contribution >= 4 is 0 Å². The molecule has 0 aromatic rings. The van der Waals surface area contributed by atoms with Crippen molar-refractivity contribution in [3.63, 3.8) is 0 Å². The van der Waals surface area contributed by atoms with Crippen LogP contribution in [0.15, 0.2) is 0 Å². The fourth-order valence-corrected chi connectivity index (χ4v) is 1.45. The van der Waals surface area contributed by atoms with Gasteiger partial charge in [-0.2, -0.15) is 0 Å². The van der Waals surface area contributed by atoms with Crippen molar-refractivity contribution in [2.24, 2.45) is 5.41 Å². The molecule has 1 heterocycles. The monoisotopic (exact) mass is 130 g/mol. The zero-order valence-corrected chi connectivity index (χ0v) is 5.13. The average Bonchev–Trinajstić information content (AvgIpc) is 2.76. The van der Waals surface area contributed by atoms with Crippen molar-refractivity contribution in [3.05, 3.63) is 0 Å². The summed E-state index contributed by atoms with van der Waals surface area (Å²) in [5, 5.41) is 17.6. The Morgan fingerprint density at radius 2 is 1.89 bits per heavy atom. The van der Waals surface area contributed by atoms with Gasteiger partial charge in [0.2, 0.25) is 0 Å². The third-order valence-corrected chi connectivity index (χ3v) is 2.56. The highest BCUT2D eigenvalue weighted by molar-refractivity contribution is 5.24. The fourth-order valence-electron chi connectivity index (χ4n) is 1.45. The number of hydrogen-bond donors (Lipinski definition) is 2. The molecular weight excluding hydrogens is 120 g/mol. The van der Waals surface area contributed by atoms with E-state index in [0.29, 0.717) is 0 Å². The van der Waals surface area contributed by atoms with Gasteiger partial charge in [-0.1, -0.05) is 0 Å². The molecule has 52 valence electrons. The lowest BCUT2D eigenvalue weighted by molar-refractivity contribution is 0.112. The lowest BCUT2D eigenvalue weighted by Crippen LogP contribution is -2.18. The van der Waals surface area contributed by atoms with E-state index in [9.17, 15) is 0 Å². The highest BCUT2D eigenvalue weighted by Crippen LogP contribution is 2.66. The third-order valence-electron chi connectivity index (χ3n) is 2.56. The summed E-state index contributed by atoms with van der Waals surface area (Å²) >= 11 is 0. The maximum Gasteiger partial charge on any atom is 0.103 e. The summed E-state index contributed by atoms with van der Waals surface area (Å²) in [6.45, 7) is 0.848. The molecule has 0 aromatic carbocycles. The third kappa shape index (κ3) is 0.478. The minimum absolute atomic E-state index is 0.0590. The minimum Gasteiger partial charge on any atom is -0.396 e. The molecule has 3 heteroatoms. The molecule has 0 aromatic heterocycles. The normalized spacial score (nSPS) is 43.3. The van der Waals surface area contributed by atoms with E-state index in [2.05, 4.69) is 0 Å². The standard InChI is InChI=1S/C6H10O3/c7-2-5(3-8)1-6(5)4-9-6/h7-8H,1-4H2. The Balaban J connectivity index is 2.08. The lowest BCUT2D eigenvalue weighted by Gasteiger charge is -2.05. The molecule has 0 bridgehead atoms. The lowest BCUT2D eigenvalue weighted by atomic mass is 10.1. The Kier molecular flexibility index (Phi) is 0.822. The predicted octanol–water partition coefficient (Wildman–Crippen LogP) is -0.870. The van der Waals surface area contributed by atoms with E-state index in [4.69, 9.17) is 14.9 Å². The zero-order chi connectivity index (χ0) is 6.54. The molecule has 2 aliphatic rings. The molecule has 1 aliphatic carbocycles. The molecule has 9 heavy (non-hydrogen) atoms. The van der Waals surface area contributed by atoms with Gasteiger partial charge in [0.25, 0.3) is 0 Å². The summed E-state index contributed by atoms with van der Waals surface area (Å²) in [6.07, 6.45) is 0.840. The first-order valence-electron chi connectivity index (χ1n) is 3.14. The van der Waals surface area contributed by atoms with Crippen LogP contribution < -0.4 is 0 Å². The second-order valence-corrected chi connectivity index (χ2v) is 3.06. The van der Waals surface area contributed by atoms with Crippen LogP contribution in [-0.4, -0.2) is 35.6 Å². The second-order valence-electron chi connectivity index (χ2n) is 3.06. The van der Waals surface area contributed by atoms with Crippen molar-refractivity contribution in [1.29, 1.82) is 0 Å². The second kappa shape index (κ2) is 1.31. The van der Waals surface area contributed by atoms with Gasteiger partial charge < -0.3 is 14.9 Å². The molecule has 1 saturated carbocycles. The Hall–Kier alpha value is -0.120. The van der Waals surface area contributed by atoms with E-state index in [1.54, 1.807) is 0 Å². The van der Waals surface area contributed by atoms with Gasteiger partial charge in [0.05, 0.1) is 25.2 Å². The van der Waals surface area contributed by atoms with Crippen LogP contribution in [0.4, 0.5) is 0 Å². The minimum atomic E-state index is -0.271. The van der Waals surface area contributed by atoms with Crippen molar-refractivity contribution in [3.8, 4) is 0 Å². The smallest absolute Gasteiger partial charge is 0.103 e. The number of ether oxygens (including phenoxy) is 1. The van der Waals surface area contributed by atoms with Crippen LogP contribution in [-0.2, 0) is 4.74 Å². The fraction of sp³-hybridized carbons (Fsp3) is 1.00. The summed E-state index contributed by atoms with van der Waals surface area (Å²) in [5.74, 6) is 0. The van der Waals surface area contributed by atoms with Gasteiger partial charge in [-0.05, 0) is 6.42 Å². The largest absolute Gasteiger partial charge is 0.396 e. The summed E-state index contributed by atoms with van der Waals surface area (Å²) in [7, 11) is 0. The van der Waals surface area contributed by atoms with Gasteiger partial charge in [0.1, 0.15) is 5.60 Å². The van der Waals surface area contributed by atoms with Gasteiger partial charge in [0, 0.05) is 0 Å². The molecule has 2 fully saturated rings. The van der Waals surface area contributed by atoms with Crippen molar-refractivity contribution < 1.29 is 14.9 Å². The Morgan fingerprint density at radius 1 is 1.33 bits per heavy atom. The highest BCUT2D eigenvalue weighted by Gasteiger charge is 2.76. The predicted molar refractivity (Wildman–Crippen MR) is 29.9 cm³/mol. The van der Waals surface area contributed by atoms with Gasteiger partial charge in [-0.25, -0.2) is 0 Å². The van der Waals surface area contributed by atoms with E-state index >= 15 is 0 Å². The summed E-state index contributed by atoms with van der Waals surface area (Å²) in [6, 6.07) is 0. The van der Waals surface area contributed by atoms with Gasteiger partial charge in [-0.15, -0.1) is 0 Å². The number of aliphatic hydroxyl groups is 2. The molecule has 2 N–H and O–H groups in total. The van der Waals surface area contributed by atoms with Crippen LogP contribution in [0.1, 0.15) is 6.42 Å². The Labute approximate surface area is 53.3 Å². The van der Waals surface area contributed by atoms with Crippen LogP contribution in [0.2, 0.25) is 0 Å². The van der Waals surface area contributed by atoms with Gasteiger partial charge in [-0.3, -0.25) is 0 Å². The van der Waals surface area contributed by atoms with E-state index in [0.717, 1.165) is 13.0 Å². The number of epoxide rings is 1. The van der Waals surface area contributed by atoms with Crippen LogP contribution in [0, 0.1) is 5.41 Å².